The van der Waals surface area contributed by atoms with Crippen molar-refractivity contribution < 1.29 is 4.79 Å². The Morgan fingerprint density at radius 2 is 1.94 bits per heavy atom. The molecule has 0 atom stereocenters. The number of amides is 1. The van der Waals surface area contributed by atoms with Crippen molar-refractivity contribution >= 4 is 5.91 Å². The number of rotatable bonds is 2. The molecule has 0 radical (unpaired) electrons. The van der Waals surface area contributed by atoms with Crippen LogP contribution in [0.3, 0.4) is 0 Å². The monoisotopic (exact) mass is 248 g/mol. The fraction of sp³-hybridized carbons (Fsp3) is 0.571. The van der Waals surface area contributed by atoms with Crippen molar-refractivity contribution in [3.8, 4) is 0 Å². The molecule has 1 aromatic rings. The largest absolute Gasteiger partial charge is 0.349 e. The van der Waals surface area contributed by atoms with Gasteiger partial charge in [-0.2, -0.15) is 0 Å². The predicted octanol–water partition coefficient (Wildman–Crippen LogP) is 2.05. The summed E-state index contributed by atoms with van der Waals surface area (Å²) in [5, 5.41) is 2.96. The Labute approximate surface area is 107 Å². The minimum atomic E-state index is -0.300. The van der Waals surface area contributed by atoms with Gasteiger partial charge in [0.05, 0.1) is 0 Å². The SMILES string of the molecule is Cc1cc(C(=O)NC2CCCCC2)c(=O)[nH]c1C. The van der Waals surface area contributed by atoms with E-state index in [2.05, 4.69) is 10.3 Å². The van der Waals surface area contributed by atoms with Gasteiger partial charge in [0.15, 0.2) is 0 Å². The maximum Gasteiger partial charge on any atom is 0.261 e. The first-order valence-corrected chi connectivity index (χ1v) is 6.59. The number of carbonyl (C=O) groups excluding carboxylic acids is 1. The van der Waals surface area contributed by atoms with Crippen molar-refractivity contribution in [1.82, 2.24) is 10.3 Å². The third kappa shape index (κ3) is 2.81. The molecule has 0 spiro atoms. The first-order chi connectivity index (χ1) is 8.58. The number of aryl methyl sites for hydroxylation is 2. The van der Waals surface area contributed by atoms with Crippen LogP contribution in [0.15, 0.2) is 10.9 Å². The van der Waals surface area contributed by atoms with Gasteiger partial charge in [0.1, 0.15) is 5.56 Å². The Hall–Kier alpha value is -1.58. The van der Waals surface area contributed by atoms with Gasteiger partial charge in [-0.15, -0.1) is 0 Å². The van der Waals surface area contributed by atoms with Crippen LogP contribution in [0.2, 0.25) is 0 Å². The summed E-state index contributed by atoms with van der Waals surface area (Å²) in [6.07, 6.45) is 5.61. The Balaban J connectivity index is 2.13. The molecule has 0 saturated heterocycles. The zero-order chi connectivity index (χ0) is 13.1. The number of hydrogen-bond acceptors (Lipinski definition) is 2. The summed E-state index contributed by atoms with van der Waals surface area (Å²) < 4.78 is 0. The Kier molecular flexibility index (Phi) is 3.84. The topological polar surface area (TPSA) is 62.0 Å². The molecule has 1 fully saturated rings. The molecular weight excluding hydrogens is 228 g/mol. The summed E-state index contributed by atoms with van der Waals surface area (Å²) in [6.45, 7) is 3.72. The van der Waals surface area contributed by atoms with Crippen LogP contribution in [0.25, 0.3) is 0 Å². The highest BCUT2D eigenvalue weighted by Crippen LogP contribution is 2.17. The molecule has 18 heavy (non-hydrogen) atoms. The van der Waals surface area contributed by atoms with Gasteiger partial charge in [-0.25, -0.2) is 0 Å². The first-order valence-electron chi connectivity index (χ1n) is 6.59. The summed E-state index contributed by atoms with van der Waals surface area (Å²) in [4.78, 5) is 26.5. The normalized spacial score (nSPS) is 16.6. The van der Waals surface area contributed by atoms with Crippen molar-refractivity contribution in [3.05, 3.63) is 33.2 Å². The molecule has 1 aromatic heterocycles. The van der Waals surface area contributed by atoms with Crippen molar-refractivity contribution in [2.24, 2.45) is 0 Å². The van der Waals surface area contributed by atoms with E-state index in [1.54, 1.807) is 6.07 Å². The molecule has 1 aliphatic rings. The molecule has 0 unspecified atom stereocenters. The Morgan fingerprint density at radius 3 is 2.61 bits per heavy atom. The predicted molar refractivity (Wildman–Crippen MR) is 70.9 cm³/mol. The maximum absolute atomic E-state index is 12.1. The molecular formula is C14H20N2O2. The molecule has 0 aliphatic heterocycles. The Morgan fingerprint density at radius 1 is 1.28 bits per heavy atom. The highest BCUT2D eigenvalue weighted by molar-refractivity contribution is 5.94. The standard InChI is InChI=1S/C14H20N2O2/c1-9-8-12(13(17)15-10(9)2)14(18)16-11-6-4-3-5-7-11/h8,11H,3-7H2,1-2H3,(H,15,17)(H,16,18). The second-order valence-electron chi connectivity index (χ2n) is 5.13. The molecule has 98 valence electrons. The lowest BCUT2D eigenvalue weighted by molar-refractivity contribution is 0.0926. The highest BCUT2D eigenvalue weighted by Gasteiger charge is 2.18. The smallest absolute Gasteiger partial charge is 0.261 e. The number of pyridine rings is 1. The van der Waals surface area contributed by atoms with Crippen molar-refractivity contribution in [2.45, 2.75) is 52.0 Å². The zero-order valence-corrected chi connectivity index (χ0v) is 11.0. The average Bonchev–Trinajstić information content (AvgIpc) is 2.35. The van der Waals surface area contributed by atoms with E-state index in [9.17, 15) is 9.59 Å². The molecule has 1 heterocycles. The van der Waals surface area contributed by atoms with E-state index in [0.717, 1.165) is 36.9 Å². The molecule has 0 aromatic carbocycles. The number of hydrogen-bond donors (Lipinski definition) is 2. The summed E-state index contributed by atoms with van der Waals surface area (Å²) in [5.41, 5.74) is 1.67. The number of H-pyrrole nitrogens is 1. The van der Waals surface area contributed by atoms with Crippen LogP contribution in [0.5, 0.6) is 0 Å². The number of carbonyl (C=O) groups is 1. The van der Waals surface area contributed by atoms with Crippen LogP contribution in [0.4, 0.5) is 0 Å². The van der Waals surface area contributed by atoms with E-state index >= 15 is 0 Å². The molecule has 1 amide bonds. The van der Waals surface area contributed by atoms with E-state index in [1.165, 1.54) is 6.42 Å². The van der Waals surface area contributed by atoms with E-state index in [-0.39, 0.29) is 23.1 Å². The van der Waals surface area contributed by atoms with Crippen LogP contribution in [0.1, 0.15) is 53.7 Å². The zero-order valence-electron chi connectivity index (χ0n) is 11.0. The lowest BCUT2D eigenvalue weighted by Crippen LogP contribution is -2.38. The van der Waals surface area contributed by atoms with Gasteiger partial charge >= 0.3 is 0 Å². The van der Waals surface area contributed by atoms with Gasteiger partial charge in [0, 0.05) is 11.7 Å². The molecule has 1 saturated carbocycles. The molecule has 4 nitrogen and oxygen atoms in total. The highest BCUT2D eigenvalue weighted by atomic mass is 16.2. The Bertz CT molecular complexity index is 499. The average molecular weight is 248 g/mol. The lowest BCUT2D eigenvalue weighted by atomic mass is 9.95. The minimum absolute atomic E-state index is 0.226. The van der Waals surface area contributed by atoms with E-state index in [0.29, 0.717) is 0 Å². The summed E-state index contributed by atoms with van der Waals surface area (Å²) in [6, 6.07) is 1.90. The molecule has 1 aliphatic carbocycles. The van der Waals surface area contributed by atoms with Gasteiger partial charge in [-0.3, -0.25) is 9.59 Å². The molecule has 2 N–H and O–H groups in total. The molecule has 2 rings (SSSR count). The lowest BCUT2D eigenvalue weighted by Gasteiger charge is -2.22. The fourth-order valence-corrected chi connectivity index (χ4v) is 2.41. The fourth-order valence-electron chi connectivity index (χ4n) is 2.41. The summed E-state index contributed by atoms with van der Waals surface area (Å²) >= 11 is 0. The van der Waals surface area contributed by atoms with Crippen molar-refractivity contribution in [1.29, 1.82) is 0 Å². The van der Waals surface area contributed by atoms with Crippen molar-refractivity contribution in [3.63, 3.8) is 0 Å². The quantitative estimate of drug-likeness (QED) is 0.841. The van der Waals surface area contributed by atoms with Gasteiger partial charge < -0.3 is 10.3 Å². The maximum atomic E-state index is 12.1. The summed E-state index contributed by atoms with van der Waals surface area (Å²) in [5.74, 6) is -0.244. The van der Waals surface area contributed by atoms with Crippen LogP contribution in [-0.4, -0.2) is 16.9 Å². The van der Waals surface area contributed by atoms with Gasteiger partial charge in [0.25, 0.3) is 11.5 Å². The van der Waals surface area contributed by atoms with E-state index in [1.807, 2.05) is 13.8 Å². The van der Waals surface area contributed by atoms with Gasteiger partial charge in [0.2, 0.25) is 0 Å². The molecule has 4 heteroatoms. The third-order valence-electron chi connectivity index (χ3n) is 3.68. The first kappa shape index (κ1) is 12.9. The van der Waals surface area contributed by atoms with Crippen LogP contribution in [-0.2, 0) is 0 Å². The summed E-state index contributed by atoms with van der Waals surface area (Å²) in [7, 11) is 0. The van der Waals surface area contributed by atoms with E-state index < -0.39 is 0 Å². The number of nitrogens with one attached hydrogen (secondary N) is 2. The second-order valence-corrected chi connectivity index (χ2v) is 5.13. The molecule has 0 bridgehead atoms. The van der Waals surface area contributed by atoms with Crippen molar-refractivity contribution in [2.75, 3.05) is 0 Å². The number of aromatic nitrogens is 1. The van der Waals surface area contributed by atoms with Crippen LogP contribution >= 0.6 is 0 Å². The van der Waals surface area contributed by atoms with Gasteiger partial charge in [-0.1, -0.05) is 19.3 Å². The van der Waals surface area contributed by atoms with Crippen LogP contribution in [0, 0.1) is 13.8 Å². The minimum Gasteiger partial charge on any atom is -0.349 e. The van der Waals surface area contributed by atoms with Crippen LogP contribution < -0.4 is 10.9 Å². The van der Waals surface area contributed by atoms with Gasteiger partial charge in [-0.05, 0) is 38.3 Å². The third-order valence-corrected chi connectivity index (χ3v) is 3.68. The second kappa shape index (κ2) is 5.38. The van der Waals surface area contributed by atoms with E-state index in [4.69, 9.17) is 0 Å². The number of aromatic amines is 1.